The first-order valence-electron chi connectivity index (χ1n) is 15.8. The number of hydrogen-bond acceptors (Lipinski definition) is 4. The van der Waals surface area contributed by atoms with Gasteiger partial charge in [0, 0.05) is 0 Å². The van der Waals surface area contributed by atoms with Gasteiger partial charge in [0.15, 0.2) is 8.32 Å². The second-order valence-corrected chi connectivity index (χ2v) is 31.6. The molecule has 0 N–H and O–H groups in total. The largest absolute Gasteiger partial charge is 0.433 e. The molecule has 0 heterocycles. The molecule has 4 atom stereocenters. The summed E-state index contributed by atoms with van der Waals surface area (Å²) in [6.45, 7) is 18.0. The fourth-order valence-corrected chi connectivity index (χ4v) is 30.0. The van der Waals surface area contributed by atoms with Crippen molar-refractivity contribution in [3.8, 4) is 0 Å². The van der Waals surface area contributed by atoms with Crippen LogP contribution in [0.1, 0.15) is 19.8 Å². The molecule has 0 fully saturated rings. The van der Waals surface area contributed by atoms with Gasteiger partial charge in [-0.15, -0.1) is 0 Å². The van der Waals surface area contributed by atoms with E-state index >= 15 is 0 Å². The van der Waals surface area contributed by atoms with Gasteiger partial charge in [0.05, 0.1) is 0 Å². The Balaban J connectivity index is 1.88. The first kappa shape index (κ1) is 34.7. The predicted molar refractivity (Wildman–Crippen MR) is 198 cm³/mol. The number of hydrogen-bond donors (Lipinski definition) is 0. The Morgan fingerprint density at radius 1 is 0.409 bits per heavy atom. The molecule has 0 aliphatic carbocycles. The van der Waals surface area contributed by atoms with E-state index in [1.165, 1.54) is 5.19 Å². The van der Waals surface area contributed by atoms with Crippen LogP contribution in [0.3, 0.4) is 0 Å². The van der Waals surface area contributed by atoms with Crippen LogP contribution in [0.5, 0.6) is 0 Å². The van der Waals surface area contributed by atoms with Gasteiger partial charge in [0.1, 0.15) is 0 Å². The van der Waals surface area contributed by atoms with Crippen molar-refractivity contribution in [2.24, 2.45) is 0 Å². The third kappa shape index (κ3) is 8.74. The third-order valence-electron chi connectivity index (χ3n) is 7.99. The van der Waals surface area contributed by atoms with Crippen molar-refractivity contribution in [3.05, 3.63) is 121 Å². The van der Waals surface area contributed by atoms with Gasteiger partial charge in [-0.05, 0) is 72.6 Å². The predicted octanol–water partition coefficient (Wildman–Crippen LogP) is 7.11. The average molecular weight is 675 g/mol. The fraction of sp³-hybridized carbons (Fsp3) is 0.314. The first-order chi connectivity index (χ1) is 20.8. The topological polar surface area (TPSA) is 36.9 Å². The number of benzene rings is 4. The van der Waals surface area contributed by atoms with Crippen molar-refractivity contribution in [3.63, 3.8) is 0 Å². The first-order valence-corrected chi connectivity index (χ1v) is 28.8. The van der Waals surface area contributed by atoms with Crippen LogP contribution in [0.25, 0.3) is 0 Å². The maximum atomic E-state index is 7.66. The maximum absolute atomic E-state index is 7.66. The van der Waals surface area contributed by atoms with E-state index in [-0.39, 0.29) is 0 Å². The molecule has 0 bridgehead atoms. The quantitative estimate of drug-likeness (QED) is 0.126. The lowest BCUT2D eigenvalue weighted by Gasteiger charge is -2.46. The fourth-order valence-electron chi connectivity index (χ4n) is 5.96. The van der Waals surface area contributed by atoms with Gasteiger partial charge in [-0.1, -0.05) is 141 Å². The van der Waals surface area contributed by atoms with Gasteiger partial charge < -0.3 is 16.5 Å². The molecule has 4 nitrogen and oxygen atoms in total. The lowest BCUT2D eigenvalue weighted by molar-refractivity contribution is 0.313. The van der Waals surface area contributed by atoms with Crippen molar-refractivity contribution in [2.45, 2.75) is 71.6 Å². The summed E-state index contributed by atoms with van der Waals surface area (Å²) in [4.78, 5) is 0. The van der Waals surface area contributed by atoms with Crippen molar-refractivity contribution in [1.29, 1.82) is 0 Å². The minimum atomic E-state index is -3.18. The van der Waals surface area contributed by atoms with Crippen molar-refractivity contribution >= 4 is 63.1 Å². The van der Waals surface area contributed by atoms with E-state index in [1.54, 1.807) is 0 Å². The van der Waals surface area contributed by atoms with Crippen LogP contribution in [-0.2, 0) is 16.5 Å². The Kier molecular flexibility index (Phi) is 11.4. The molecule has 4 unspecified atom stereocenters. The van der Waals surface area contributed by atoms with Gasteiger partial charge >= 0.3 is 25.7 Å². The minimum absolute atomic E-state index is 1.03. The molecular weight excluding hydrogens is 625 g/mol. The van der Waals surface area contributed by atoms with Gasteiger partial charge in [0.2, 0.25) is 8.32 Å². The van der Waals surface area contributed by atoms with Crippen LogP contribution in [0.4, 0.5) is 0 Å². The van der Waals surface area contributed by atoms with E-state index < -0.39 is 42.3 Å². The zero-order chi connectivity index (χ0) is 31.9. The van der Waals surface area contributed by atoms with Crippen molar-refractivity contribution < 1.29 is 16.5 Å². The highest BCUT2D eigenvalue weighted by Crippen LogP contribution is 2.28. The van der Waals surface area contributed by atoms with Crippen molar-refractivity contribution in [1.82, 2.24) is 0 Å². The standard InChI is InChI=1S/C35H50O4Si5/c1-9-10-31-41(5,32-23-15-11-16-24-32)37-43(7,34-27-19-13-20-28-34)39-44(8,35-29-21-14-22-30-35)38-42(6,36-40(2,3)4)33-25-17-12-18-26-33/h11-30H,9-10,31H2,1-8H3. The lowest BCUT2D eigenvalue weighted by Crippen LogP contribution is -2.72. The number of rotatable bonds is 15. The van der Waals surface area contributed by atoms with Gasteiger partial charge in [0.25, 0.3) is 0 Å². The van der Waals surface area contributed by atoms with Crippen LogP contribution in [0.2, 0.25) is 51.9 Å². The lowest BCUT2D eigenvalue weighted by atomic mass is 10.4. The summed E-state index contributed by atoms with van der Waals surface area (Å²) in [6.07, 6.45) is 2.24. The van der Waals surface area contributed by atoms with E-state index in [9.17, 15) is 0 Å². The average Bonchev–Trinajstić information content (AvgIpc) is 3.01. The normalized spacial score (nSPS) is 17.5. The van der Waals surface area contributed by atoms with E-state index in [0.717, 1.165) is 34.4 Å². The molecule has 0 saturated heterocycles. The van der Waals surface area contributed by atoms with Crippen LogP contribution < -0.4 is 20.7 Å². The number of unbranched alkanes of at least 4 members (excludes halogenated alkanes) is 1. The highest BCUT2D eigenvalue weighted by atomic mass is 28.5. The monoisotopic (exact) mass is 674 g/mol. The van der Waals surface area contributed by atoms with Crippen LogP contribution in [-0.4, -0.2) is 42.3 Å². The SMILES string of the molecule is CCCC[Si](C)(O[Si](C)(O[Si](C)(O[Si](C)(O[Si](C)(C)C)c1ccccc1)c1ccccc1)c1ccccc1)c1ccccc1. The molecular formula is C35H50O4Si5. The van der Waals surface area contributed by atoms with Crippen LogP contribution in [0.15, 0.2) is 121 Å². The second-order valence-electron chi connectivity index (χ2n) is 13.2. The Labute approximate surface area is 271 Å². The van der Waals surface area contributed by atoms with E-state index in [4.69, 9.17) is 16.5 Å². The summed E-state index contributed by atoms with van der Waals surface area (Å²) < 4.78 is 29.9. The van der Waals surface area contributed by atoms with Gasteiger partial charge in [-0.2, -0.15) is 0 Å². The third-order valence-corrected chi connectivity index (χ3v) is 28.6. The Morgan fingerprint density at radius 3 is 1.07 bits per heavy atom. The minimum Gasteiger partial charge on any atom is -0.433 e. The highest BCUT2D eigenvalue weighted by molar-refractivity contribution is 7.02. The van der Waals surface area contributed by atoms with Crippen molar-refractivity contribution in [2.75, 3.05) is 0 Å². The van der Waals surface area contributed by atoms with Gasteiger partial charge in [-0.25, -0.2) is 0 Å². The van der Waals surface area contributed by atoms with E-state index in [2.05, 4.69) is 174 Å². The second kappa shape index (κ2) is 14.5. The van der Waals surface area contributed by atoms with Crippen LogP contribution in [0, 0.1) is 0 Å². The van der Waals surface area contributed by atoms with Gasteiger partial charge in [-0.3, -0.25) is 0 Å². The summed E-state index contributed by atoms with van der Waals surface area (Å²) in [5, 5.41) is 4.64. The summed E-state index contributed by atoms with van der Waals surface area (Å²) in [6, 6.07) is 43.5. The smallest absolute Gasteiger partial charge is 0.352 e. The molecule has 234 valence electrons. The Hall–Kier alpha value is -2.20. The zero-order valence-electron chi connectivity index (χ0n) is 27.8. The summed E-state index contributed by atoms with van der Waals surface area (Å²) in [5.74, 6) is 0. The maximum Gasteiger partial charge on any atom is 0.352 e. The summed E-state index contributed by atoms with van der Waals surface area (Å²) in [5.41, 5.74) is 0. The molecule has 9 heteroatoms. The van der Waals surface area contributed by atoms with E-state index in [0.29, 0.717) is 0 Å². The Morgan fingerprint density at radius 2 is 0.727 bits per heavy atom. The molecule has 0 aliphatic heterocycles. The molecule has 4 aromatic rings. The molecule has 4 aromatic carbocycles. The molecule has 4 rings (SSSR count). The molecule has 0 amide bonds. The summed E-state index contributed by atoms with van der Waals surface area (Å²) in [7, 11) is -13.7. The highest BCUT2D eigenvalue weighted by Gasteiger charge is 2.54. The zero-order valence-corrected chi connectivity index (χ0v) is 32.8. The molecule has 0 aromatic heterocycles. The molecule has 44 heavy (non-hydrogen) atoms. The molecule has 0 spiro atoms. The van der Waals surface area contributed by atoms with Crippen LogP contribution >= 0.6 is 0 Å². The summed E-state index contributed by atoms with van der Waals surface area (Å²) >= 11 is 0. The van der Waals surface area contributed by atoms with E-state index in [1.807, 2.05) is 0 Å². The molecule has 0 saturated carbocycles. The molecule has 0 aliphatic rings. The Bertz CT molecular complexity index is 1440. The molecule has 0 radical (unpaired) electrons.